The van der Waals surface area contributed by atoms with Crippen molar-refractivity contribution in [3.8, 4) is 0 Å². The predicted octanol–water partition coefficient (Wildman–Crippen LogP) is 0.836. The molecular weight excluding hydrogens is 178 g/mol. The standard InChI is InChI=1S/C10H15N3O/c1-8-5-12-10(13-6-8)9-7-14-4-2-3-11-9/h5-6,9,11H,2-4,7H2,1H3. The SMILES string of the molecule is Cc1cnc(C2COCCCN2)nc1. The summed E-state index contributed by atoms with van der Waals surface area (Å²) in [6.45, 7) is 4.46. The molecule has 1 N–H and O–H groups in total. The Hall–Kier alpha value is -1.00. The van der Waals surface area contributed by atoms with Crippen molar-refractivity contribution in [1.29, 1.82) is 0 Å². The lowest BCUT2D eigenvalue weighted by atomic mass is 10.3. The molecule has 0 radical (unpaired) electrons. The monoisotopic (exact) mass is 193 g/mol. The van der Waals surface area contributed by atoms with E-state index in [9.17, 15) is 0 Å². The Morgan fingerprint density at radius 2 is 2.21 bits per heavy atom. The van der Waals surface area contributed by atoms with Crippen LogP contribution in [0.25, 0.3) is 0 Å². The van der Waals surface area contributed by atoms with Gasteiger partial charge in [0.05, 0.1) is 12.6 Å². The van der Waals surface area contributed by atoms with Crippen molar-refractivity contribution >= 4 is 0 Å². The number of nitrogens with zero attached hydrogens (tertiary/aromatic N) is 2. The number of aromatic nitrogens is 2. The zero-order chi connectivity index (χ0) is 9.80. The van der Waals surface area contributed by atoms with E-state index in [1.165, 1.54) is 0 Å². The largest absolute Gasteiger partial charge is 0.379 e. The van der Waals surface area contributed by atoms with E-state index in [0.29, 0.717) is 6.61 Å². The first-order valence-corrected chi connectivity index (χ1v) is 4.96. The highest BCUT2D eigenvalue weighted by Crippen LogP contribution is 2.10. The third kappa shape index (κ3) is 2.27. The van der Waals surface area contributed by atoms with Crippen LogP contribution in [-0.2, 0) is 4.74 Å². The van der Waals surface area contributed by atoms with Crippen LogP contribution >= 0.6 is 0 Å². The van der Waals surface area contributed by atoms with Gasteiger partial charge in [-0.25, -0.2) is 9.97 Å². The molecule has 0 bridgehead atoms. The minimum Gasteiger partial charge on any atom is -0.379 e. The quantitative estimate of drug-likeness (QED) is 0.718. The molecule has 76 valence electrons. The van der Waals surface area contributed by atoms with Gasteiger partial charge in [-0.05, 0) is 25.5 Å². The second-order valence-corrected chi connectivity index (χ2v) is 3.55. The van der Waals surface area contributed by atoms with Gasteiger partial charge in [-0.2, -0.15) is 0 Å². The molecule has 2 heterocycles. The summed E-state index contributed by atoms with van der Waals surface area (Å²) < 4.78 is 5.45. The first-order chi connectivity index (χ1) is 6.86. The van der Waals surface area contributed by atoms with Gasteiger partial charge >= 0.3 is 0 Å². The lowest BCUT2D eigenvalue weighted by molar-refractivity contribution is 0.129. The molecule has 1 aromatic heterocycles. The normalized spacial score (nSPS) is 23.1. The van der Waals surface area contributed by atoms with Crippen LogP contribution in [0.5, 0.6) is 0 Å². The molecule has 4 nitrogen and oxygen atoms in total. The molecule has 1 aliphatic heterocycles. The lowest BCUT2D eigenvalue weighted by Gasteiger charge is -2.13. The highest BCUT2D eigenvalue weighted by atomic mass is 16.5. The zero-order valence-corrected chi connectivity index (χ0v) is 8.36. The van der Waals surface area contributed by atoms with Crippen LogP contribution in [-0.4, -0.2) is 29.7 Å². The molecule has 4 heteroatoms. The Balaban J connectivity index is 2.08. The predicted molar refractivity (Wildman–Crippen MR) is 52.9 cm³/mol. The van der Waals surface area contributed by atoms with Crippen molar-refractivity contribution in [2.45, 2.75) is 19.4 Å². The van der Waals surface area contributed by atoms with Gasteiger partial charge in [-0.3, -0.25) is 0 Å². The Bertz CT molecular complexity index is 278. The minimum absolute atomic E-state index is 0.151. The van der Waals surface area contributed by atoms with Gasteiger partial charge in [0.15, 0.2) is 0 Å². The van der Waals surface area contributed by atoms with E-state index >= 15 is 0 Å². The van der Waals surface area contributed by atoms with Crippen molar-refractivity contribution in [3.63, 3.8) is 0 Å². The summed E-state index contributed by atoms with van der Waals surface area (Å²) in [7, 11) is 0. The summed E-state index contributed by atoms with van der Waals surface area (Å²) in [6.07, 6.45) is 4.74. The number of hydrogen-bond donors (Lipinski definition) is 1. The van der Waals surface area contributed by atoms with Gasteiger partial charge in [0.25, 0.3) is 0 Å². The van der Waals surface area contributed by atoms with E-state index < -0.39 is 0 Å². The second kappa shape index (κ2) is 4.48. The fourth-order valence-electron chi connectivity index (χ4n) is 1.46. The van der Waals surface area contributed by atoms with E-state index in [1.807, 2.05) is 19.3 Å². The van der Waals surface area contributed by atoms with E-state index in [1.54, 1.807) is 0 Å². The van der Waals surface area contributed by atoms with Crippen molar-refractivity contribution in [1.82, 2.24) is 15.3 Å². The van der Waals surface area contributed by atoms with Gasteiger partial charge in [-0.15, -0.1) is 0 Å². The average molecular weight is 193 g/mol. The Labute approximate surface area is 83.7 Å². The van der Waals surface area contributed by atoms with Crippen LogP contribution in [0.3, 0.4) is 0 Å². The van der Waals surface area contributed by atoms with Crippen LogP contribution in [0, 0.1) is 6.92 Å². The van der Waals surface area contributed by atoms with Crippen LogP contribution in [0.1, 0.15) is 23.9 Å². The Morgan fingerprint density at radius 1 is 1.43 bits per heavy atom. The average Bonchev–Trinajstić information content (AvgIpc) is 2.47. The van der Waals surface area contributed by atoms with Crippen molar-refractivity contribution in [2.75, 3.05) is 19.8 Å². The minimum atomic E-state index is 0.151. The third-order valence-corrected chi connectivity index (χ3v) is 2.25. The van der Waals surface area contributed by atoms with Gasteiger partial charge in [0, 0.05) is 19.0 Å². The lowest BCUT2D eigenvalue weighted by Crippen LogP contribution is -2.25. The van der Waals surface area contributed by atoms with Crippen molar-refractivity contribution in [3.05, 3.63) is 23.8 Å². The van der Waals surface area contributed by atoms with Gasteiger partial charge in [0.1, 0.15) is 5.82 Å². The first-order valence-electron chi connectivity index (χ1n) is 4.96. The van der Waals surface area contributed by atoms with Crippen LogP contribution < -0.4 is 5.32 Å². The number of rotatable bonds is 1. The number of nitrogens with one attached hydrogen (secondary N) is 1. The summed E-state index contributed by atoms with van der Waals surface area (Å²) in [5.41, 5.74) is 1.09. The highest BCUT2D eigenvalue weighted by Gasteiger charge is 2.15. The summed E-state index contributed by atoms with van der Waals surface area (Å²) in [4.78, 5) is 8.58. The van der Waals surface area contributed by atoms with Gasteiger partial charge < -0.3 is 10.1 Å². The number of ether oxygens (including phenoxy) is 1. The highest BCUT2D eigenvalue weighted by molar-refractivity contribution is 5.04. The van der Waals surface area contributed by atoms with Crippen molar-refractivity contribution in [2.24, 2.45) is 0 Å². The van der Waals surface area contributed by atoms with E-state index in [2.05, 4.69) is 15.3 Å². The first kappa shape index (κ1) is 9.55. The molecule has 1 fully saturated rings. The topological polar surface area (TPSA) is 47.0 Å². The Morgan fingerprint density at radius 3 is 3.00 bits per heavy atom. The molecule has 1 atom stereocenters. The van der Waals surface area contributed by atoms with E-state index in [-0.39, 0.29) is 6.04 Å². The fraction of sp³-hybridized carbons (Fsp3) is 0.600. The molecule has 0 spiro atoms. The molecule has 1 aromatic rings. The van der Waals surface area contributed by atoms with Crippen LogP contribution in [0.15, 0.2) is 12.4 Å². The van der Waals surface area contributed by atoms with Crippen LogP contribution in [0.2, 0.25) is 0 Å². The smallest absolute Gasteiger partial charge is 0.147 e. The summed E-state index contributed by atoms with van der Waals surface area (Å²) in [5.74, 6) is 0.831. The number of aryl methyl sites for hydroxylation is 1. The molecule has 14 heavy (non-hydrogen) atoms. The molecule has 0 aliphatic carbocycles. The zero-order valence-electron chi connectivity index (χ0n) is 8.36. The molecular formula is C10H15N3O. The summed E-state index contributed by atoms with van der Waals surface area (Å²) in [6, 6.07) is 0.151. The maximum Gasteiger partial charge on any atom is 0.147 e. The summed E-state index contributed by atoms with van der Waals surface area (Å²) in [5, 5.41) is 3.37. The second-order valence-electron chi connectivity index (χ2n) is 3.55. The van der Waals surface area contributed by atoms with E-state index in [0.717, 1.165) is 31.0 Å². The fourth-order valence-corrected chi connectivity index (χ4v) is 1.46. The maximum atomic E-state index is 5.45. The van der Waals surface area contributed by atoms with Crippen molar-refractivity contribution < 1.29 is 4.74 Å². The number of hydrogen-bond acceptors (Lipinski definition) is 4. The molecule has 0 aromatic carbocycles. The van der Waals surface area contributed by atoms with Gasteiger partial charge in [0.2, 0.25) is 0 Å². The summed E-state index contributed by atoms with van der Waals surface area (Å²) >= 11 is 0. The Kier molecular flexibility index (Phi) is 3.06. The third-order valence-electron chi connectivity index (χ3n) is 2.25. The van der Waals surface area contributed by atoms with Gasteiger partial charge in [-0.1, -0.05) is 0 Å². The molecule has 1 unspecified atom stereocenters. The molecule has 0 saturated carbocycles. The molecule has 2 rings (SSSR count). The maximum absolute atomic E-state index is 5.45. The molecule has 0 amide bonds. The molecule has 1 saturated heterocycles. The van der Waals surface area contributed by atoms with E-state index in [4.69, 9.17) is 4.74 Å². The van der Waals surface area contributed by atoms with Crippen LogP contribution in [0.4, 0.5) is 0 Å². The molecule has 1 aliphatic rings.